The van der Waals surface area contributed by atoms with Gasteiger partial charge in [-0.3, -0.25) is 9.59 Å². The molecule has 0 radical (unpaired) electrons. The van der Waals surface area contributed by atoms with E-state index in [0.717, 1.165) is 11.6 Å². The van der Waals surface area contributed by atoms with Crippen molar-refractivity contribution in [3.05, 3.63) is 112 Å². The first-order valence-corrected chi connectivity index (χ1v) is 12.9. The maximum Gasteiger partial charge on any atom is 0.330 e. The monoisotopic (exact) mass is 488 g/mol. The third kappa shape index (κ3) is 5.11. The molecule has 0 saturated heterocycles. The van der Waals surface area contributed by atoms with E-state index >= 15 is 0 Å². The van der Waals surface area contributed by atoms with Gasteiger partial charge in [-0.15, -0.1) is 0 Å². The Morgan fingerprint density at radius 3 is 1.71 bits per heavy atom. The van der Waals surface area contributed by atoms with Crippen LogP contribution in [-0.2, 0) is 20.7 Å². The highest BCUT2D eigenvalue weighted by molar-refractivity contribution is 8.01. The van der Waals surface area contributed by atoms with Crippen molar-refractivity contribution in [2.75, 3.05) is 0 Å². The molecule has 1 unspecified atom stereocenters. The molecule has 3 aromatic carbocycles. The molecule has 0 aliphatic carbocycles. The average Bonchev–Trinajstić information content (AvgIpc) is 2.81. The molecule has 6 heteroatoms. The molecule has 35 heavy (non-hydrogen) atoms. The molecular weight excluding hydrogens is 459 g/mol. The zero-order chi connectivity index (χ0) is 25.9. The van der Waals surface area contributed by atoms with E-state index in [0.29, 0.717) is 33.4 Å². The van der Waals surface area contributed by atoms with Gasteiger partial charge in [0.1, 0.15) is 6.61 Å². The SMILES string of the molecule is C=CC(=O)OCc1cc(C)c(C(=O)P(=O)(C(=O)c2c(C)cc(C)cc2C)c2ccccc2)c(C)c1. The summed E-state index contributed by atoms with van der Waals surface area (Å²) in [7, 11) is -4.25. The fourth-order valence-electron chi connectivity index (χ4n) is 4.48. The van der Waals surface area contributed by atoms with Gasteiger partial charge < -0.3 is 9.30 Å². The molecule has 0 saturated carbocycles. The number of hydrogen-bond donors (Lipinski definition) is 0. The second-order valence-electron chi connectivity index (χ2n) is 8.75. The Morgan fingerprint density at radius 1 is 0.800 bits per heavy atom. The summed E-state index contributed by atoms with van der Waals surface area (Å²) >= 11 is 0. The molecule has 0 amide bonds. The Kier molecular flexibility index (Phi) is 7.72. The maximum absolute atomic E-state index is 14.7. The standard InChI is InChI=1S/C29H29O5P/c1-7-25(30)34-17-23-15-21(5)27(22(6)16-23)29(32)35(33,24-11-9-8-10-12-24)28(31)26-19(3)13-18(2)14-20(26)4/h7-16H,1,17H2,2-6H3. The molecule has 0 aliphatic heterocycles. The minimum absolute atomic E-state index is 0.0119. The molecule has 0 spiro atoms. The van der Waals surface area contributed by atoms with Gasteiger partial charge in [-0.1, -0.05) is 66.7 Å². The van der Waals surface area contributed by atoms with Crippen molar-refractivity contribution in [3.8, 4) is 0 Å². The van der Waals surface area contributed by atoms with Crippen LogP contribution in [0.1, 0.15) is 54.1 Å². The summed E-state index contributed by atoms with van der Waals surface area (Å²) in [6.07, 6.45) is 1.08. The molecule has 0 aromatic heterocycles. The number of rotatable bonds is 8. The highest BCUT2D eigenvalue weighted by Gasteiger charge is 2.44. The van der Waals surface area contributed by atoms with Gasteiger partial charge in [-0.25, -0.2) is 4.79 Å². The lowest BCUT2D eigenvalue weighted by molar-refractivity contribution is -0.138. The summed E-state index contributed by atoms with van der Waals surface area (Å²) in [5, 5.41) is 0.206. The summed E-state index contributed by atoms with van der Waals surface area (Å²) in [5.74, 6) is -0.552. The van der Waals surface area contributed by atoms with Crippen molar-refractivity contribution in [1.82, 2.24) is 0 Å². The van der Waals surface area contributed by atoms with E-state index in [9.17, 15) is 18.9 Å². The van der Waals surface area contributed by atoms with E-state index in [1.54, 1.807) is 70.2 Å². The van der Waals surface area contributed by atoms with Gasteiger partial charge in [0.15, 0.2) is 0 Å². The van der Waals surface area contributed by atoms with Gasteiger partial charge in [0.05, 0.1) is 0 Å². The van der Waals surface area contributed by atoms with Crippen LogP contribution >= 0.6 is 7.14 Å². The van der Waals surface area contributed by atoms with Crippen LogP contribution in [0.15, 0.2) is 67.3 Å². The van der Waals surface area contributed by atoms with E-state index in [4.69, 9.17) is 4.74 Å². The van der Waals surface area contributed by atoms with Gasteiger partial charge in [0, 0.05) is 22.5 Å². The zero-order valence-electron chi connectivity index (χ0n) is 20.7. The molecule has 0 aliphatic rings. The highest BCUT2D eigenvalue weighted by Crippen LogP contribution is 2.52. The van der Waals surface area contributed by atoms with E-state index in [1.807, 2.05) is 19.1 Å². The lowest BCUT2D eigenvalue weighted by Gasteiger charge is -2.21. The normalized spacial score (nSPS) is 12.5. The number of carbonyl (C=O) groups is 3. The predicted molar refractivity (Wildman–Crippen MR) is 139 cm³/mol. The van der Waals surface area contributed by atoms with Crippen LogP contribution < -0.4 is 5.30 Å². The Bertz CT molecular complexity index is 1340. The topological polar surface area (TPSA) is 77.5 Å². The number of esters is 1. The van der Waals surface area contributed by atoms with Crippen molar-refractivity contribution in [3.63, 3.8) is 0 Å². The summed E-state index contributed by atoms with van der Waals surface area (Å²) in [5.41, 5.74) is 3.35. The lowest BCUT2D eigenvalue weighted by Crippen LogP contribution is -2.23. The number of aryl methyl sites for hydroxylation is 5. The van der Waals surface area contributed by atoms with Crippen LogP contribution in [0.5, 0.6) is 0 Å². The van der Waals surface area contributed by atoms with Crippen molar-refractivity contribution in [2.24, 2.45) is 0 Å². The van der Waals surface area contributed by atoms with Gasteiger partial charge >= 0.3 is 5.97 Å². The minimum atomic E-state index is -4.25. The molecule has 3 rings (SSSR count). The van der Waals surface area contributed by atoms with E-state index < -0.39 is 24.2 Å². The molecule has 0 N–H and O–H groups in total. The molecule has 3 aromatic rings. The third-order valence-corrected chi connectivity index (χ3v) is 8.55. The Balaban J connectivity index is 2.17. The van der Waals surface area contributed by atoms with Crippen molar-refractivity contribution in [2.45, 2.75) is 41.2 Å². The first-order chi connectivity index (χ1) is 16.5. The summed E-state index contributed by atoms with van der Waals surface area (Å²) in [6, 6.07) is 15.4. The third-order valence-electron chi connectivity index (χ3n) is 5.94. The molecule has 0 fully saturated rings. The Hall–Kier alpha value is -3.56. The van der Waals surface area contributed by atoms with Crippen molar-refractivity contribution in [1.29, 1.82) is 0 Å². The predicted octanol–water partition coefficient (Wildman–Crippen LogP) is 6.13. The Morgan fingerprint density at radius 2 is 1.26 bits per heavy atom. The number of ether oxygens (including phenoxy) is 1. The quantitative estimate of drug-likeness (QED) is 0.217. The first kappa shape index (κ1) is 26.1. The summed E-state index contributed by atoms with van der Waals surface area (Å²) in [6.45, 7) is 12.4. The highest BCUT2D eigenvalue weighted by atomic mass is 31.2. The van der Waals surface area contributed by atoms with Gasteiger partial charge in [-0.05, 0) is 62.4 Å². The molecule has 180 valence electrons. The molecule has 0 bridgehead atoms. The number of benzene rings is 3. The smallest absolute Gasteiger partial charge is 0.330 e. The fraction of sp³-hybridized carbons (Fsp3) is 0.207. The minimum Gasteiger partial charge on any atom is -0.458 e. The van der Waals surface area contributed by atoms with Crippen LogP contribution in [0.3, 0.4) is 0 Å². The molecule has 5 nitrogen and oxygen atoms in total. The molecule has 1 atom stereocenters. The second-order valence-corrected chi connectivity index (χ2v) is 11.3. The fourth-order valence-corrected chi connectivity index (χ4v) is 7.06. The Labute approximate surface area is 206 Å². The van der Waals surface area contributed by atoms with Crippen LogP contribution in [0.4, 0.5) is 0 Å². The largest absolute Gasteiger partial charge is 0.458 e. The van der Waals surface area contributed by atoms with E-state index in [2.05, 4.69) is 6.58 Å². The van der Waals surface area contributed by atoms with Crippen LogP contribution in [-0.4, -0.2) is 17.0 Å². The van der Waals surface area contributed by atoms with E-state index in [1.165, 1.54) is 0 Å². The van der Waals surface area contributed by atoms with Crippen LogP contribution in [0.2, 0.25) is 0 Å². The van der Waals surface area contributed by atoms with Gasteiger partial charge in [0.25, 0.3) is 0 Å². The zero-order valence-corrected chi connectivity index (χ0v) is 21.6. The summed E-state index contributed by atoms with van der Waals surface area (Å²) in [4.78, 5) is 39.5. The van der Waals surface area contributed by atoms with Gasteiger partial charge in [-0.2, -0.15) is 0 Å². The summed E-state index contributed by atoms with van der Waals surface area (Å²) < 4.78 is 19.8. The number of carbonyl (C=O) groups excluding carboxylic acids is 3. The van der Waals surface area contributed by atoms with Crippen LogP contribution in [0, 0.1) is 34.6 Å². The van der Waals surface area contributed by atoms with Crippen LogP contribution in [0.25, 0.3) is 0 Å². The maximum atomic E-state index is 14.7. The van der Waals surface area contributed by atoms with E-state index in [-0.39, 0.29) is 17.5 Å². The molecule has 0 heterocycles. The lowest BCUT2D eigenvalue weighted by atomic mass is 10.0. The average molecular weight is 489 g/mol. The molecular formula is C29H29O5P. The van der Waals surface area contributed by atoms with Crippen molar-refractivity contribution < 1.29 is 23.7 Å². The van der Waals surface area contributed by atoms with Crippen molar-refractivity contribution >= 4 is 29.5 Å². The van der Waals surface area contributed by atoms with Gasteiger partial charge in [0.2, 0.25) is 18.2 Å². The first-order valence-electron chi connectivity index (χ1n) is 11.2. The number of hydrogen-bond acceptors (Lipinski definition) is 5. The second kappa shape index (κ2) is 10.4.